The molecule has 4 aliphatic carbocycles. The Hall–Kier alpha value is -1.72. The maximum Gasteiger partial charge on any atom is 0.374 e. The van der Waals surface area contributed by atoms with Crippen molar-refractivity contribution < 1.29 is 28.7 Å². The maximum atomic E-state index is 13.8. The number of hydrogen-bond donors (Lipinski definition) is 0. The van der Waals surface area contributed by atoms with Gasteiger partial charge in [-0.05, 0) is 85.4 Å². The van der Waals surface area contributed by atoms with Gasteiger partial charge in [-0.15, -0.1) is 0 Å². The first-order valence-electron chi connectivity index (χ1n) is 12.8. The Labute approximate surface area is 197 Å². The Kier molecular flexibility index (Phi) is 6.52. The van der Waals surface area contributed by atoms with Crippen LogP contribution in [-0.4, -0.2) is 36.7 Å². The van der Waals surface area contributed by atoms with Crippen LogP contribution in [-0.2, 0) is 28.7 Å². The first-order chi connectivity index (χ1) is 15.5. The third kappa shape index (κ3) is 4.05. The van der Waals surface area contributed by atoms with E-state index in [1.807, 2.05) is 0 Å². The molecule has 0 aromatic heterocycles. The molecule has 6 heteroatoms. The predicted molar refractivity (Wildman–Crippen MR) is 122 cm³/mol. The molecule has 6 nitrogen and oxygen atoms in total. The van der Waals surface area contributed by atoms with Crippen LogP contribution in [0.4, 0.5) is 0 Å². The van der Waals surface area contributed by atoms with Crippen LogP contribution < -0.4 is 0 Å². The van der Waals surface area contributed by atoms with Gasteiger partial charge in [-0.1, -0.05) is 20.8 Å². The topological polar surface area (TPSA) is 86.7 Å². The van der Waals surface area contributed by atoms with Crippen molar-refractivity contribution in [2.24, 2.45) is 46.3 Å². The van der Waals surface area contributed by atoms with E-state index in [1.165, 1.54) is 14.0 Å². The molecule has 0 heterocycles. The Morgan fingerprint density at radius 2 is 1.79 bits per heavy atom. The Morgan fingerprint density at radius 1 is 1.06 bits per heavy atom. The normalized spacial score (nSPS) is 43.0. The summed E-state index contributed by atoms with van der Waals surface area (Å²) in [4.78, 5) is 49.2. The molecule has 4 saturated carbocycles. The van der Waals surface area contributed by atoms with Crippen LogP contribution in [0, 0.1) is 46.3 Å². The monoisotopic (exact) mass is 460 g/mol. The molecule has 0 spiro atoms. The van der Waals surface area contributed by atoms with Crippen LogP contribution in [0.15, 0.2) is 0 Å². The van der Waals surface area contributed by atoms with Crippen LogP contribution in [0.5, 0.6) is 0 Å². The molecule has 0 radical (unpaired) electrons. The van der Waals surface area contributed by atoms with E-state index in [2.05, 4.69) is 25.5 Å². The van der Waals surface area contributed by atoms with E-state index >= 15 is 0 Å². The Morgan fingerprint density at radius 3 is 2.45 bits per heavy atom. The molecule has 0 aliphatic heterocycles. The highest BCUT2D eigenvalue weighted by Gasteiger charge is 2.63. The molecule has 4 aliphatic rings. The molecule has 0 amide bonds. The maximum absolute atomic E-state index is 13.8. The van der Waals surface area contributed by atoms with Crippen molar-refractivity contribution in [1.29, 1.82) is 0 Å². The fourth-order valence-corrected chi connectivity index (χ4v) is 8.98. The van der Waals surface area contributed by atoms with Gasteiger partial charge in [0.15, 0.2) is 0 Å². The van der Waals surface area contributed by atoms with Gasteiger partial charge >= 0.3 is 11.9 Å². The van der Waals surface area contributed by atoms with Crippen molar-refractivity contribution in [1.82, 2.24) is 0 Å². The Balaban J connectivity index is 1.52. The highest BCUT2D eigenvalue weighted by Crippen LogP contribution is 2.67. The van der Waals surface area contributed by atoms with E-state index in [1.54, 1.807) is 0 Å². The average molecular weight is 461 g/mol. The lowest BCUT2D eigenvalue weighted by molar-refractivity contribution is -0.169. The molecule has 4 rings (SSSR count). The van der Waals surface area contributed by atoms with Crippen LogP contribution in [0.2, 0.25) is 0 Å². The fraction of sp³-hybridized carbons (Fsp3) is 0.852. The molecule has 184 valence electrons. The van der Waals surface area contributed by atoms with Gasteiger partial charge < -0.3 is 9.47 Å². The number of hydrogen-bond acceptors (Lipinski definition) is 6. The van der Waals surface area contributed by atoms with Gasteiger partial charge in [-0.25, -0.2) is 4.79 Å². The lowest BCUT2D eigenvalue weighted by Crippen LogP contribution is -2.58. The van der Waals surface area contributed by atoms with Crippen LogP contribution in [0.3, 0.4) is 0 Å². The number of ketones is 2. The highest BCUT2D eigenvalue weighted by atomic mass is 16.5. The lowest BCUT2D eigenvalue weighted by Gasteiger charge is -2.60. The molecule has 0 saturated heterocycles. The molecule has 0 N–H and O–H groups in total. The molecular weight excluding hydrogens is 420 g/mol. The van der Waals surface area contributed by atoms with Crippen LogP contribution in [0.25, 0.3) is 0 Å². The van der Waals surface area contributed by atoms with E-state index in [0.717, 1.165) is 44.9 Å². The number of esters is 2. The zero-order valence-corrected chi connectivity index (χ0v) is 20.9. The fourth-order valence-electron chi connectivity index (χ4n) is 8.98. The van der Waals surface area contributed by atoms with Gasteiger partial charge in [0.1, 0.15) is 11.9 Å². The number of Topliss-reactive ketones (excluding diaryl/α,β-unsaturated/α-hetero) is 2. The molecule has 0 aromatic rings. The number of ether oxygens (including phenoxy) is 2. The van der Waals surface area contributed by atoms with Gasteiger partial charge in [-0.2, -0.15) is 0 Å². The van der Waals surface area contributed by atoms with Crippen molar-refractivity contribution in [2.45, 2.75) is 91.6 Å². The first kappa shape index (κ1) is 24.4. The summed E-state index contributed by atoms with van der Waals surface area (Å²) in [5.74, 6) is 0.701. The minimum Gasteiger partial charge on any atom is -0.463 e. The summed E-state index contributed by atoms with van der Waals surface area (Å²) >= 11 is 0. The third-order valence-corrected chi connectivity index (χ3v) is 10.3. The number of carbonyl (C=O) groups excluding carboxylic acids is 4. The van der Waals surface area contributed by atoms with E-state index in [0.29, 0.717) is 30.0 Å². The minimum absolute atomic E-state index is 0.00913. The molecule has 0 bridgehead atoms. The summed E-state index contributed by atoms with van der Waals surface area (Å²) in [7, 11) is 1.24. The summed E-state index contributed by atoms with van der Waals surface area (Å²) in [6.07, 6.45) is 7.71. The molecule has 33 heavy (non-hydrogen) atoms. The summed E-state index contributed by atoms with van der Waals surface area (Å²) in [5, 5.41) is 0. The second-order valence-electron chi connectivity index (χ2n) is 12.0. The standard InChI is InChI=1S/C27H40O6/c1-15(12-22(29)25(31)32-5)20-8-9-21-19-7-6-17-13-18(33-16(2)28)10-11-26(17,3)24(19)23(30)14-27(20,21)4/h15,17-21,24H,6-14H2,1-5H3/t15-,17-,18-,19+,20-,21+,24-,26+,27-/m1/s1. The number of fused-ring (bicyclic) bond motifs is 5. The second kappa shape index (κ2) is 8.81. The molecule has 0 aromatic carbocycles. The van der Waals surface area contributed by atoms with Crippen LogP contribution >= 0.6 is 0 Å². The first-order valence-corrected chi connectivity index (χ1v) is 12.8. The van der Waals surface area contributed by atoms with Gasteiger partial charge in [-0.3, -0.25) is 14.4 Å². The Bertz CT molecular complexity index is 834. The molecule has 0 unspecified atom stereocenters. The number of methoxy groups -OCH3 is 1. The SMILES string of the molecule is COC(=O)C(=O)C[C@@H](C)[C@H]1CC[C@H]2[C@@H]3CC[C@@H]4C[C@H](OC(C)=O)CC[C@]4(C)[C@H]3C(=O)C[C@]12C. The summed E-state index contributed by atoms with van der Waals surface area (Å²) in [6, 6.07) is 0. The van der Waals surface area contributed by atoms with Crippen molar-refractivity contribution in [2.75, 3.05) is 7.11 Å². The van der Waals surface area contributed by atoms with Gasteiger partial charge in [0.25, 0.3) is 0 Å². The van der Waals surface area contributed by atoms with Crippen molar-refractivity contribution in [3.63, 3.8) is 0 Å². The molecular formula is C27H40O6. The molecule has 9 atom stereocenters. The van der Waals surface area contributed by atoms with E-state index in [-0.39, 0.29) is 47.1 Å². The van der Waals surface area contributed by atoms with Crippen molar-refractivity contribution >= 4 is 23.5 Å². The third-order valence-electron chi connectivity index (χ3n) is 10.3. The predicted octanol–water partition coefficient (Wildman–Crippen LogP) is 4.52. The lowest BCUT2D eigenvalue weighted by atomic mass is 9.44. The van der Waals surface area contributed by atoms with Gasteiger partial charge in [0, 0.05) is 25.7 Å². The van der Waals surface area contributed by atoms with E-state index in [4.69, 9.17) is 4.74 Å². The minimum atomic E-state index is -0.767. The zero-order chi connectivity index (χ0) is 24.1. The summed E-state index contributed by atoms with van der Waals surface area (Å²) in [5.41, 5.74) is -0.116. The van der Waals surface area contributed by atoms with E-state index in [9.17, 15) is 19.2 Å². The highest BCUT2D eigenvalue weighted by molar-refractivity contribution is 6.33. The molecule has 4 fully saturated rings. The van der Waals surface area contributed by atoms with Crippen molar-refractivity contribution in [3.05, 3.63) is 0 Å². The van der Waals surface area contributed by atoms with E-state index < -0.39 is 11.8 Å². The van der Waals surface area contributed by atoms with Gasteiger partial charge in [0.2, 0.25) is 5.78 Å². The van der Waals surface area contributed by atoms with Gasteiger partial charge in [0.05, 0.1) is 7.11 Å². The number of carbonyl (C=O) groups is 4. The summed E-state index contributed by atoms with van der Waals surface area (Å²) in [6.45, 7) is 8.13. The number of rotatable bonds is 5. The van der Waals surface area contributed by atoms with Crippen LogP contribution in [0.1, 0.15) is 85.5 Å². The smallest absolute Gasteiger partial charge is 0.374 e. The van der Waals surface area contributed by atoms with Crippen molar-refractivity contribution in [3.8, 4) is 0 Å². The zero-order valence-electron chi connectivity index (χ0n) is 20.9. The quantitative estimate of drug-likeness (QED) is 0.443. The average Bonchev–Trinajstić information content (AvgIpc) is 3.09. The summed E-state index contributed by atoms with van der Waals surface area (Å²) < 4.78 is 10.2. The largest absolute Gasteiger partial charge is 0.463 e. The second-order valence-corrected chi connectivity index (χ2v) is 12.0.